The Morgan fingerprint density at radius 3 is 3.00 bits per heavy atom. The Kier molecular flexibility index (Phi) is 2.08. The van der Waals surface area contributed by atoms with Crippen molar-refractivity contribution in [3.8, 4) is 0 Å². The molecular formula is C11H11NO2. The molecule has 0 fully saturated rings. The molecule has 0 radical (unpaired) electrons. The second-order valence-electron chi connectivity index (χ2n) is 3.46. The number of hydrogen-bond acceptors (Lipinski definition) is 2. The molecule has 72 valence electrons. The van der Waals surface area contributed by atoms with E-state index < -0.39 is 0 Å². The minimum absolute atomic E-state index is 0.114. The topological polar surface area (TPSA) is 37.4 Å². The molecule has 1 heterocycles. The van der Waals surface area contributed by atoms with Crippen LogP contribution < -0.4 is 4.90 Å². The zero-order chi connectivity index (χ0) is 10.1. The molecule has 0 aromatic heterocycles. The van der Waals surface area contributed by atoms with Crippen LogP contribution in [0.3, 0.4) is 0 Å². The molecule has 2 rings (SSSR count). The summed E-state index contributed by atoms with van der Waals surface area (Å²) in [5.74, 6) is 0.114. The molecule has 1 aliphatic heterocycles. The lowest BCUT2D eigenvalue weighted by atomic mass is 10.1. The molecule has 0 saturated heterocycles. The second kappa shape index (κ2) is 3.25. The molecule has 1 amide bonds. The molecule has 0 aliphatic carbocycles. The summed E-state index contributed by atoms with van der Waals surface area (Å²) in [7, 11) is 1.77. The van der Waals surface area contributed by atoms with E-state index in [1.165, 1.54) is 0 Å². The van der Waals surface area contributed by atoms with Crippen LogP contribution in [0.4, 0.5) is 5.69 Å². The number of carbonyl (C=O) groups is 2. The Morgan fingerprint density at radius 1 is 1.50 bits per heavy atom. The van der Waals surface area contributed by atoms with E-state index >= 15 is 0 Å². The van der Waals surface area contributed by atoms with Crippen LogP contribution in [0, 0.1) is 0 Å². The normalized spacial score (nSPS) is 14.4. The molecule has 3 nitrogen and oxygen atoms in total. The maximum atomic E-state index is 11.4. The molecule has 0 atom stereocenters. The van der Waals surface area contributed by atoms with Gasteiger partial charge in [0.05, 0.1) is 6.42 Å². The summed E-state index contributed by atoms with van der Waals surface area (Å²) >= 11 is 0. The molecule has 0 unspecified atom stereocenters. The van der Waals surface area contributed by atoms with E-state index in [1.807, 2.05) is 18.2 Å². The van der Waals surface area contributed by atoms with Crippen LogP contribution in [-0.4, -0.2) is 19.2 Å². The number of carbonyl (C=O) groups excluding carboxylic acids is 2. The molecule has 1 aromatic carbocycles. The van der Waals surface area contributed by atoms with Crippen molar-refractivity contribution >= 4 is 17.9 Å². The minimum atomic E-state index is 0.114. The number of fused-ring (bicyclic) bond motifs is 1. The highest BCUT2D eigenvalue weighted by Gasteiger charge is 2.23. The monoisotopic (exact) mass is 189 g/mol. The zero-order valence-electron chi connectivity index (χ0n) is 7.99. The standard InChI is InChI=1S/C11H11NO2/c1-12-10-3-2-8(4-5-13)6-9(10)7-11(12)14/h2-3,5-6H,4,7H2,1H3. The third-order valence-corrected chi connectivity index (χ3v) is 2.54. The predicted molar refractivity (Wildman–Crippen MR) is 53.3 cm³/mol. The molecule has 14 heavy (non-hydrogen) atoms. The number of benzene rings is 1. The highest BCUT2D eigenvalue weighted by Crippen LogP contribution is 2.28. The third kappa shape index (κ3) is 1.31. The fraction of sp³-hybridized carbons (Fsp3) is 0.273. The fourth-order valence-corrected chi connectivity index (χ4v) is 1.75. The number of likely N-dealkylation sites (N-methyl/N-ethyl adjacent to an activating group) is 1. The van der Waals surface area contributed by atoms with Gasteiger partial charge in [0.1, 0.15) is 6.29 Å². The van der Waals surface area contributed by atoms with Crippen molar-refractivity contribution in [3.05, 3.63) is 29.3 Å². The molecule has 3 heteroatoms. The van der Waals surface area contributed by atoms with E-state index in [2.05, 4.69) is 0 Å². The van der Waals surface area contributed by atoms with Gasteiger partial charge < -0.3 is 9.69 Å². The first-order chi connectivity index (χ1) is 6.72. The van der Waals surface area contributed by atoms with E-state index in [0.717, 1.165) is 23.1 Å². The Bertz CT molecular complexity index is 398. The van der Waals surface area contributed by atoms with E-state index in [9.17, 15) is 9.59 Å². The maximum absolute atomic E-state index is 11.4. The average molecular weight is 189 g/mol. The predicted octanol–water partition coefficient (Wildman–Crippen LogP) is 0.947. The number of amides is 1. The number of hydrogen-bond donors (Lipinski definition) is 0. The smallest absolute Gasteiger partial charge is 0.231 e. The van der Waals surface area contributed by atoms with Crippen molar-refractivity contribution in [2.45, 2.75) is 12.8 Å². The van der Waals surface area contributed by atoms with Gasteiger partial charge in [-0.15, -0.1) is 0 Å². The Labute approximate surface area is 82.3 Å². The van der Waals surface area contributed by atoms with Gasteiger partial charge in [-0.1, -0.05) is 12.1 Å². The first kappa shape index (κ1) is 8.94. The summed E-state index contributed by atoms with van der Waals surface area (Å²) < 4.78 is 0. The Morgan fingerprint density at radius 2 is 2.29 bits per heavy atom. The van der Waals surface area contributed by atoms with Gasteiger partial charge in [0.25, 0.3) is 0 Å². The Balaban J connectivity index is 2.39. The lowest BCUT2D eigenvalue weighted by Gasteiger charge is -2.09. The van der Waals surface area contributed by atoms with E-state index in [0.29, 0.717) is 12.8 Å². The van der Waals surface area contributed by atoms with Crippen molar-refractivity contribution in [1.82, 2.24) is 0 Å². The van der Waals surface area contributed by atoms with Crippen molar-refractivity contribution < 1.29 is 9.59 Å². The van der Waals surface area contributed by atoms with Gasteiger partial charge in [-0.25, -0.2) is 0 Å². The van der Waals surface area contributed by atoms with Gasteiger partial charge in [-0.2, -0.15) is 0 Å². The van der Waals surface area contributed by atoms with Crippen molar-refractivity contribution in [1.29, 1.82) is 0 Å². The highest BCUT2D eigenvalue weighted by atomic mass is 16.2. The highest BCUT2D eigenvalue weighted by molar-refractivity contribution is 6.00. The first-order valence-corrected chi connectivity index (χ1v) is 4.54. The Hall–Kier alpha value is -1.64. The molecule has 1 aliphatic rings. The molecule has 0 spiro atoms. The molecule has 0 N–H and O–H groups in total. The third-order valence-electron chi connectivity index (χ3n) is 2.54. The van der Waals surface area contributed by atoms with Gasteiger partial charge >= 0.3 is 0 Å². The van der Waals surface area contributed by atoms with Crippen LogP contribution >= 0.6 is 0 Å². The van der Waals surface area contributed by atoms with Gasteiger partial charge in [0.15, 0.2) is 0 Å². The van der Waals surface area contributed by atoms with Crippen LogP contribution in [0.2, 0.25) is 0 Å². The summed E-state index contributed by atoms with van der Waals surface area (Å²) in [6, 6.07) is 5.73. The van der Waals surface area contributed by atoms with Crippen molar-refractivity contribution in [2.75, 3.05) is 11.9 Å². The number of nitrogens with zero attached hydrogens (tertiary/aromatic N) is 1. The number of rotatable bonds is 2. The van der Waals surface area contributed by atoms with E-state index in [1.54, 1.807) is 11.9 Å². The minimum Gasteiger partial charge on any atom is -0.315 e. The lowest BCUT2D eigenvalue weighted by Crippen LogP contribution is -2.20. The van der Waals surface area contributed by atoms with Crippen molar-refractivity contribution in [3.63, 3.8) is 0 Å². The summed E-state index contributed by atoms with van der Waals surface area (Å²) in [6.45, 7) is 0. The summed E-state index contributed by atoms with van der Waals surface area (Å²) in [6.07, 6.45) is 1.76. The maximum Gasteiger partial charge on any atom is 0.231 e. The van der Waals surface area contributed by atoms with Crippen LogP contribution in [0.1, 0.15) is 11.1 Å². The van der Waals surface area contributed by atoms with Gasteiger partial charge in [0, 0.05) is 19.2 Å². The summed E-state index contributed by atoms with van der Waals surface area (Å²) in [5, 5.41) is 0. The van der Waals surface area contributed by atoms with Crippen LogP contribution in [0.15, 0.2) is 18.2 Å². The largest absolute Gasteiger partial charge is 0.315 e. The summed E-state index contributed by atoms with van der Waals surface area (Å²) in [4.78, 5) is 23.3. The fourth-order valence-electron chi connectivity index (χ4n) is 1.75. The zero-order valence-corrected chi connectivity index (χ0v) is 7.99. The number of anilines is 1. The molecular weight excluding hydrogens is 178 g/mol. The summed E-state index contributed by atoms with van der Waals surface area (Å²) in [5.41, 5.74) is 2.96. The quantitative estimate of drug-likeness (QED) is 0.649. The van der Waals surface area contributed by atoms with Gasteiger partial charge in [-0.3, -0.25) is 4.79 Å². The van der Waals surface area contributed by atoms with Crippen molar-refractivity contribution in [2.24, 2.45) is 0 Å². The average Bonchev–Trinajstić information content (AvgIpc) is 2.43. The molecule has 1 aromatic rings. The lowest BCUT2D eigenvalue weighted by molar-refractivity contribution is -0.117. The van der Waals surface area contributed by atoms with Gasteiger partial charge in [0.2, 0.25) is 5.91 Å². The van der Waals surface area contributed by atoms with Crippen LogP contribution in [0.5, 0.6) is 0 Å². The van der Waals surface area contributed by atoms with Crippen LogP contribution in [0.25, 0.3) is 0 Å². The molecule has 0 saturated carbocycles. The SMILES string of the molecule is CN1C(=O)Cc2cc(CC=O)ccc21. The second-order valence-corrected chi connectivity index (χ2v) is 3.46. The van der Waals surface area contributed by atoms with Crippen LogP contribution in [-0.2, 0) is 22.4 Å². The molecule has 0 bridgehead atoms. The van der Waals surface area contributed by atoms with E-state index in [4.69, 9.17) is 0 Å². The number of aldehydes is 1. The van der Waals surface area contributed by atoms with Gasteiger partial charge in [-0.05, 0) is 17.2 Å². The van der Waals surface area contributed by atoms with E-state index in [-0.39, 0.29) is 5.91 Å². The first-order valence-electron chi connectivity index (χ1n) is 4.54.